The molecule has 1 N–H and O–H groups in total. The largest absolute Gasteiger partial charge is 0.495 e. The van der Waals surface area contributed by atoms with Crippen molar-refractivity contribution in [2.75, 3.05) is 13.7 Å². The summed E-state index contributed by atoms with van der Waals surface area (Å²) in [4.78, 5) is 12.0. The summed E-state index contributed by atoms with van der Waals surface area (Å²) in [6, 6.07) is 9.72. The van der Waals surface area contributed by atoms with Crippen molar-refractivity contribution in [3.8, 4) is 11.5 Å². The van der Waals surface area contributed by atoms with Crippen molar-refractivity contribution in [2.24, 2.45) is 5.10 Å². The molecule has 0 aliphatic heterocycles. The molecule has 0 spiro atoms. The number of methoxy groups -OCH3 is 1. The minimum atomic E-state index is -0.344. The van der Waals surface area contributed by atoms with Crippen molar-refractivity contribution in [1.29, 1.82) is 0 Å². The molecule has 0 radical (unpaired) electrons. The number of rotatable bonds is 6. The van der Waals surface area contributed by atoms with E-state index in [-0.39, 0.29) is 17.9 Å². The van der Waals surface area contributed by atoms with E-state index in [2.05, 4.69) is 69.2 Å². The van der Waals surface area contributed by atoms with Gasteiger partial charge in [-0.1, -0.05) is 48.8 Å². The monoisotopic (exact) mass is 510 g/mol. The maximum atomic E-state index is 12.0. The predicted octanol–water partition coefficient (Wildman–Crippen LogP) is 5.36. The van der Waals surface area contributed by atoms with Gasteiger partial charge in [0, 0.05) is 10.0 Å². The van der Waals surface area contributed by atoms with Crippen LogP contribution in [0.5, 0.6) is 11.5 Å². The summed E-state index contributed by atoms with van der Waals surface area (Å²) in [5.74, 6) is 0.973. The average Bonchev–Trinajstić information content (AvgIpc) is 2.59. The summed E-state index contributed by atoms with van der Waals surface area (Å²) in [6.45, 7) is 8.33. The molecule has 2 aromatic rings. The first-order valence-electron chi connectivity index (χ1n) is 8.70. The molecule has 0 aliphatic carbocycles. The number of nitrogens with zero attached hydrogens (tertiary/aromatic N) is 1. The third-order valence-corrected chi connectivity index (χ3v) is 5.08. The lowest BCUT2D eigenvalue weighted by Gasteiger charge is -2.20. The van der Waals surface area contributed by atoms with Gasteiger partial charge in [0.15, 0.2) is 6.61 Å². The van der Waals surface area contributed by atoms with Crippen LogP contribution in [0, 0.1) is 6.92 Å². The fourth-order valence-electron chi connectivity index (χ4n) is 2.52. The molecular formula is C21H24Br2N2O3. The van der Waals surface area contributed by atoms with Crippen LogP contribution in [0.4, 0.5) is 0 Å². The Morgan fingerprint density at radius 1 is 1.21 bits per heavy atom. The number of halogens is 2. The second kappa shape index (κ2) is 9.56. The van der Waals surface area contributed by atoms with E-state index < -0.39 is 0 Å². The van der Waals surface area contributed by atoms with Crippen molar-refractivity contribution in [3.63, 3.8) is 0 Å². The van der Waals surface area contributed by atoms with E-state index in [1.54, 1.807) is 7.11 Å². The highest BCUT2D eigenvalue weighted by atomic mass is 79.9. The van der Waals surface area contributed by atoms with Crippen LogP contribution < -0.4 is 14.9 Å². The molecule has 0 unspecified atom stereocenters. The molecule has 0 atom stereocenters. The number of carbonyl (C=O) groups is 1. The van der Waals surface area contributed by atoms with E-state index in [0.717, 1.165) is 20.1 Å². The molecule has 150 valence electrons. The van der Waals surface area contributed by atoms with Gasteiger partial charge in [-0.05, 0) is 57.6 Å². The molecule has 0 heterocycles. The zero-order valence-electron chi connectivity index (χ0n) is 16.6. The van der Waals surface area contributed by atoms with E-state index in [1.807, 2.05) is 31.2 Å². The van der Waals surface area contributed by atoms with Crippen LogP contribution >= 0.6 is 31.9 Å². The molecule has 0 aliphatic rings. The fraction of sp³-hybridized carbons (Fsp3) is 0.333. The van der Waals surface area contributed by atoms with Crippen molar-refractivity contribution < 1.29 is 14.3 Å². The fourth-order valence-corrected chi connectivity index (χ4v) is 3.94. The quantitative estimate of drug-likeness (QED) is 0.419. The Hall–Kier alpha value is -1.86. The Kier molecular flexibility index (Phi) is 7.66. The highest BCUT2D eigenvalue weighted by molar-refractivity contribution is 9.11. The van der Waals surface area contributed by atoms with Crippen LogP contribution in [-0.2, 0) is 10.2 Å². The first-order valence-corrected chi connectivity index (χ1v) is 10.3. The summed E-state index contributed by atoms with van der Waals surface area (Å²) in [5, 5.41) is 3.99. The van der Waals surface area contributed by atoms with Gasteiger partial charge in [-0.15, -0.1) is 0 Å². The Balaban J connectivity index is 1.96. The van der Waals surface area contributed by atoms with Gasteiger partial charge in [0.25, 0.3) is 5.91 Å². The standard InChI is InChI=1S/C21H24Br2N2O3/c1-13-8-15(21(2,3)4)6-7-18(13)28-12-19(26)25-24-11-14-9-16(22)10-17(23)20(14)27-5/h6-11H,12H2,1-5H3,(H,25,26)/b24-11-. The van der Waals surface area contributed by atoms with Crippen molar-refractivity contribution >= 4 is 44.0 Å². The van der Waals surface area contributed by atoms with Crippen molar-refractivity contribution in [2.45, 2.75) is 33.1 Å². The Morgan fingerprint density at radius 2 is 1.93 bits per heavy atom. The summed E-state index contributed by atoms with van der Waals surface area (Å²) in [7, 11) is 1.57. The maximum absolute atomic E-state index is 12.0. The molecule has 0 saturated heterocycles. The van der Waals surface area contributed by atoms with Gasteiger partial charge in [-0.25, -0.2) is 5.43 Å². The molecule has 28 heavy (non-hydrogen) atoms. The zero-order chi connectivity index (χ0) is 20.9. The molecule has 7 heteroatoms. The van der Waals surface area contributed by atoms with Crippen LogP contribution in [0.25, 0.3) is 0 Å². The number of hydrogen-bond acceptors (Lipinski definition) is 4. The molecule has 2 rings (SSSR count). The molecule has 0 aromatic heterocycles. The second-order valence-electron chi connectivity index (χ2n) is 7.32. The Labute approximate surface area is 182 Å². The van der Waals surface area contributed by atoms with Gasteiger partial charge in [0.2, 0.25) is 0 Å². The number of ether oxygens (including phenoxy) is 2. The SMILES string of the molecule is COc1c(Br)cc(Br)cc1/C=N\NC(=O)COc1ccc(C(C)(C)C)cc1C. The summed E-state index contributed by atoms with van der Waals surface area (Å²) in [6.07, 6.45) is 1.52. The van der Waals surface area contributed by atoms with Gasteiger partial charge >= 0.3 is 0 Å². The van der Waals surface area contributed by atoms with E-state index >= 15 is 0 Å². The van der Waals surface area contributed by atoms with Gasteiger partial charge in [-0.2, -0.15) is 5.10 Å². The normalized spacial score (nSPS) is 11.5. The third kappa shape index (κ3) is 6.07. The third-order valence-electron chi connectivity index (χ3n) is 4.03. The van der Waals surface area contributed by atoms with Crippen molar-refractivity contribution in [1.82, 2.24) is 5.43 Å². The molecule has 0 saturated carbocycles. The summed E-state index contributed by atoms with van der Waals surface area (Å²) < 4.78 is 12.6. The van der Waals surface area contributed by atoms with Gasteiger partial charge in [0.05, 0.1) is 17.8 Å². The van der Waals surface area contributed by atoms with Gasteiger partial charge in [0.1, 0.15) is 11.5 Å². The Bertz CT molecular complexity index is 890. The number of carbonyl (C=O) groups excluding carboxylic acids is 1. The van der Waals surface area contributed by atoms with Crippen molar-refractivity contribution in [3.05, 3.63) is 56.0 Å². The topological polar surface area (TPSA) is 59.9 Å². The van der Waals surface area contributed by atoms with E-state index in [9.17, 15) is 4.79 Å². The number of aryl methyl sites for hydroxylation is 1. The molecule has 1 amide bonds. The minimum absolute atomic E-state index is 0.0673. The molecule has 0 bridgehead atoms. The van der Waals surface area contributed by atoms with Gasteiger partial charge < -0.3 is 9.47 Å². The average molecular weight is 512 g/mol. The van der Waals surface area contributed by atoms with Crippen LogP contribution in [-0.4, -0.2) is 25.8 Å². The number of hydrazone groups is 1. The van der Waals surface area contributed by atoms with Crippen LogP contribution in [0.15, 0.2) is 44.4 Å². The molecule has 5 nitrogen and oxygen atoms in total. The zero-order valence-corrected chi connectivity index (χ0v) is 19.8. The summed E-state index contributed by atoms with van der Waals surface area (Å²) in [5.41, 5.74) is 5.47. The molecular weight excluding hydrogens is 488 g/mol. The number of nitrogens with one attached hydrogen (secondary N) is 1. The number of benzene rings is 2. The van der Waals surface area contributed by atoms with Crippen LogP contribution in [0.2, 0.25) is 0 Å². The Morgan fingerprint density at radius 3 is 2.54 bits per heavy atom. The molecule has 2 aromatic carbocycles. The predicted molar refractivity (Wildman–Crippen MR) is 120 cm³/mol. The molecule has 0 fully saturated rings. The van der Waals surface area contributed by atoms with E-state index in [0.29, 0.717) is 11.5 Å². The number of amides is 1. The number of hydrogen-bond donors (Lipinski definition) is 1. The van der Waals surface area contributed by atoms with Gasteiger partial charge in [-0.3, -0.25) is 4.79 Å². The lowest BCUT2D eigenvalue weighted by molar-refractivity contribution is -0.123. The smallest absolute Gasteiger partial charge is 0.277 e. The highest BCUT2D eigenvalue weighted by Crippen LogP contribution is 2.31. The summed E-state index contributed by atoms with van der Waals surface area (Å²) >= 11 is 6.85. The maximum Gasteiger partial charge on any atom is 0.277 e. The first kappa shape index (κ1) is 22.4. The first-order chi connectivity index (χ1) is 13.1. The van der Waals surface area contributed by atoms with Crippen LogP contribution in [0.1, 0.15) is 37.5 Å². The lowest BCUT2D eigenvalue weighted by Crippen LogP contribution is -2.24. The minimum Gasteiger partial charge on any atom is -0.495 e. The van der Waals surface area contributed by atoms with E-state index in [4.69, 9.17) is 9.47 Å². The second-order valence-corrected chi connectivity index (χ2v) is 9.09. The van der Waals surface area contributed by atoms with Crippen LogP contribution in [0.3, 0.4) is 0 Å². The lowest BCUT2D eigenvalue weighted by atomic mass is 9.86. The van der Waals surface area contributed by atoms with E-state index in [1.165, 1.54) is 11.8 Å². The highest BCUT2D eigenvalue weighted by Gasteiger charge is 2.15.